The van der Waals surface area contributed by atoms with Crippen molar-refractivity contribution < 1.29 is 19.2 Å². The number of amides is 5. The van der Waals surface area contributed by atoms with Gasteiger partial charge in [0.25, 0.3) is 5.91 Å². The van der Waals surface area contributed by atoms with Crippen molar-refractivity contribution in [3.8, 4) is 0 Å². The number of hydrogen-bond acceptors (Lipinski definition) is 5. The van der Waals surface area contributed by atoms with Gasteiger partial charge in [-0.05, 0) is 38.2 Å². The Morgan fingerprint density at radius 2 is 1.75 bits per heavy atom. The van der Waals surface area contributed by atoms with Crippen LogP contribution in [0.2, 0.25) is 0 Å². The molecule has 3 aliphatic rings. The maximum Gasteiger partial charge on any atom is 0.325 e. The lowest BCUT2D eigenvalue weighted by Gasteiger charge is -2.34. The predicted molar refractivity (Wildman–Crippen MR) is 118 cm³/mol. The second kappa shape index (κ2) is 9.28. The van der Waals surface area contributed by atoms with E-state index >= 15 is 0 Å². The van der Waals surface area contributed by atoms with E-state index in [1.165, 1.54) is 0 Å². The summed E-state index contributed by atoms with van der Waals surface area (Å²) in [7, 11) is 0. The number of nitrogens with zero attached hydrogens (tertiary/aromatic N) is 3. The van der Waals surface area contributed by atoms with Gasteiger partial charge in [-0.1, -0.05) is 30.3 Å². The first-order valence-corrected chi connectivity index (χ1v) is 11.3. The minimum absolute atomic E-state index is 0.0291. The van der Waals surface area contributed by atoms with Crippen LogP contribution in [-0.2, 0) is 20.8 Å². The first kappa shape index (κ1) is 22.3. The molecule has 0 aromatic heterocycles. The van der Waals surface area contributed by atoms with Gasteiger partial charge in [-0.2, -0.15) is 0 Å². The fourth-order valence-corrected chi connectivity index (χ4v) is 4.19. The van der Waals surface area contributed by atoms with Crippen LogP contribution in [0.4, 0.5) is 4.79 Å². The second-order valence-electron chi connectivity index (χ2n) is 9.14. The molecule has 1 atom stereocenters. The zero-order chi connectivity index (χ0) is 22.7. The van der Waals surface area contributed by atoms with Gasteiger partial charge in [0.05, 0.1) is 6.54 Å². The van der Waals surface area contributed by atoms with Crippen LogP contribution in [0, 0.1) is 0 Å². The van der Waals surface area contributed by atoms with Crippen LogP contribution >= 0.6 is 0 Å². The molecule has 0 radical (unpaired) electrons. The normalized spacial score (nSPS) is 23.9. The van der Waals surface area contributed by atoms with Gasteiger partial charge in [-0.3, -0.25) is 24.2 Å². The molecule has 1 saturated carbocycles. The van der Waals surface area contributed by atoms with Gasteiger partial charge in [0.2, 0.25) is 11.8 Å². The Balaban J connectivity index is 1.25. The van der Waals surface area contributed by atoms with Crippen LogP contribution in [0.25, 0.3) is 0 Å². The Morgan fingerprint density at radius 1 is 1.06 bits per heavy atom. The highest BCUT2D eigenvalue weighted by Gasteiger charge is 2.48. The number of urea groups is 1. The van der Waals surface area contributed by atoms with Crippen LogP contribution in [0.15, 0.2) is 30.3 Å². The molecule has 2 saturated heterocycles. The number of imide groups is 1. The number of nitrogens with one attached hydrogen (secondary N) is 2. The topological polar surface area (TPSA) is 102 Å². The maximum atomic E-state index is 13.0. The molecule has 2 aliphatic heterocycles. The molecule has 0 bridgehead atoms. The van der Waals surface area contributed by atoms with Gasteiger partial charge in [-0.15, -0.1) is 0 Å². The Kier molecular flexibility index (Phi) is 6.45. The van der Waals surface area contributed by atoms with E-state index in [1.807, 2.05) is 35.2 Å². The molecule has 1 aromatic carbocycles. The number of rotatable bonds is 8. The van der Waals surface area contributed by atoms with Crippen LogP contribution in [0.5, 0.6) is 0 Å². The van der Waals surface area contributed by atoms with E-state index in [4.69, 9.17) is 0 Å². The third-order valence-corrected chi connectivity index (χ3v) is 6.43. The average molecular weight is 442 g/mol. The summed E-state index contributed by atoms with van der Waals surface area (Å²) in [5, 5.41) is 5.74. The minimum Gasteiger partial charge on any atom is -0.352 e. The Morgan fingerprint density at radius 3 is 2.41 bits per heavy atom. The van der Waals surface area contributed by atoms with Crippen molar-refractivity contribution in [1.82, 2.24) is 25.3 Å². The summed E-state index contributed by atoms with van der Waals surface area (Å²) in [4.78, 5) is 54.9. The highest BCUT2D eigenvalue weighted by Crippen LogP contribution is 2.23. The van der Waals surface area contributed by atoms with Crippen molar-refractivity contribution in [3.05, 3.63) is 35.9 Å². The van der Waals surface area contributed by atoms with Gasteiger partial charge in [0.15, 0.2) is 0 Å². The molecular weight excluding hydrogens is 410 g/mol. The lowest BCUT2D eigenvalue weighted by atomic mass is 9.93. The lowest BCUT2D eigenvalue weighted by molar-refractivity contribution is -0.140. The Labute approximate surface area is 188 Å². The van der Waals surface area contributed by atoms with Crippen LogP contribution in [-0.4, -0.2) is 89.3 Å². The molecule has 32 heavy (non-hydrogen) atoms. The number of carbonyl (C=O) groups is 4. The molecule has 1 aliphatic carbocycles. The summed E-state index contributed by atoms with van der Waals surface area (Å²) in [6, 6.07) is 9.61. The van der Waals surface area contributed by atoms with Crippen molar-refractivity contribution in [2.45, 2.75) is 44.2 Å². The van der Waals surface area contributed by atoms with Crippen LogP contribution in [0.1, 0.15) is 31.7 Å². The number of hydrogen-bond donors (Lipinski definition) is 2. The zero-order valence-electron chi connectivity index (χ0n) is 18.5. The number of benzene rings is 1. The number of carbonyl (C=O) groups excluding carboxylic acids is 4. The third-order valence-electron chi connectivity index (χ3n) is 6.43. The highest BCUT2D eigenvalue weighted by atomic mass is 16.2. The summed E-state index contributed by atoms with van der Waals surface area (Å²) in [6.45, 7) is 3.94. The van der Waals surface area contributed by atoms with E-state index in [0.717, 1.165) is 23.3 Å². The van der Waals surface area contributed by atoms with E-state index in [0.29, 0.717) is 51.6 Å². The number of piperazine rings is 1. The molecule has 9 heteroatoms. The average Bonchev–Trinajstić information content (AvgIpc) is 3.57. The Bertz CT molecular complexity index is 880. The molecule has 5 amide bonds. The molecule has 2 heterocycles. The smallest absolute Gasteiger partial charge is 0.325 e. The maximum absolute atomic E-state index is 13.0. The van der Waals surface area contributed by atoms with Crippen molar-refractivity contribution in [2.75, 3.05) is 39.3 Å². The predicted octanol–water partition coefficient (Wildman–Crippen LogP) is 0.353. The van der Waals surface area contributed by atoms with Gasteiger partial charge >= 0.3 is 6.03 Å². The summed E-state index contributed by atoms with van der Waals surface area (Å²) >= 11 is 0. The second-order valence-corrected chi connectivity index (χ2v) is 9.14. The molecule has 3 fully saturated rings. The third kappa shape index (κ3) is 5.27. The van der Waals surface area contributed by atoms with E-state index in [2.05, 4.69) is 10.6 Å². The first-order chi connectivity index (χ1) is 15.3. The monoisotopic (exact) mass is 441 g/mol. The zero-order valence-corrected chi connectivity index (χ0v) is 18.5. The molecule has 172 valence electrons. The van der Waals surface area contributed by atoms with Crippen LogP contribution in [0.3, 0.4) is 0 Å². The van der Waals surface area contributed by atoms with Crippen LogP contribution < -0.4 is 10.6 Å². The molecule has 0 unspecified atom stereocenters. The quantitative estimate of drug-likeness (QED) is 0.567. The highest BCUT2D eigenvalue weighted by molar-refractivity contribution is 6.08. The minimum atomic E-state index is -1.01. The lowest BCUT2D eigenvalue weighted by Crippen LogP contribution is -2.53. The summed E-state index contributed by atoms with van der Waals surface area (Å²) in [5.74, 6) is -0.577. The molecule has 1 aromatic rings. The van der Waals surface area contributed by atoms with Crippen molar-refractivity contribution in [2.24, 2.45) is 0 Å². The summed E-state index contributed by atoms with van der Waals surface area (Å²) in [6.07, 6.45) is 3.24. The SMILES string of the molecule is C[C@]1(CCc2ccccc2)NC(=O)N(CC(=O)N2CCN(CC(=O)NC3CC3)CC2)C1=O. The molecule has 4 rings (SSSR count). The molecule has 2 N–H and O–H groups in total. The number of aryl methyl sites for hydroxylation is 1. The summed E-state index contributed by atoms with van der Waals surface area (Å²) < 4.78 is 0. The molecule has 0 spiro atoms. The van der Waals surface area contributed by atoms with Crippen molar-refractivity contribution in [1.29, 1.82) is 0 Å². The fraction of sp³-hybridized carbons (Fsp3) is 0.565. The molecular formula is C23H31N5O4. The van der Waals surface area contributed by atoms with Crippen molar-refractivity contribution in [3.63, 3.8) is 0 Å². The van der Waals surface area contributed by atoms with Gasteiger partial charge in [-0.25, -0.2) is 4.79 Å². The van der Waals surface area contributed by atoms with Crippen molar-refractivity contribution >= 4 is 23.8 Å². The molecule has 9 nitrogen and oxygen atoms in total. The van der Waals surface area contributed by atoms with E-state index in [-0.39, 0.29) is 24.3 Å². The largest absolute Gasteiger partial charge is 0.352 e. The first-order valence-electron chi connectivity index (χ1n) is 11.3. The Hall–Kier alpha value is -2.94. The van der Waals surface area contributed by atoms with Gasteiger partial charge < -0.3 is 15.5 Å². The van der Waals surface area contributed by atoms with Gasteiger partial charge in [0.1, 0.15) is 12.1 Å². The van der Waals surface area contributed by atoms with E-state index < -0.39 is 11.6 Å². The van der Waals surface area contributed by atoms with E-state index in [1.54, 1.807) is 11.8 Å². The summed E-state index contributed by atoms with van der Waals surface area (Å²) in [5.41, 5.74) is 0.0786. The fourth-order valence-electron chi connectivity index (χ4n) is 4.19. The van der Waals surface area contributed by atoms with Gasteiger partial charge in [0, 0.05) is 32.2 Å². The van der Waals surface area contributed by atoms with E-state index in [9.17, 15) is 19.2 Å². The standard InChI is InChI=1S/C23H31N5O4/c1-23(10-9-17-5-3-2-4-6-17)21(31)28(22(32)25-23)16-20(30)27-13-11-26(12-14-27)15-19(29)24-18-7-8-18/h2-6,18H,7-16H2,1H3,(H,24,29)(H,25,32)/t23-/m1/s1.